The fraction of sp³-hybridized carbons (Fsp3) is 0.600. The number of piperazine rings is 1. The highest BCUT2D eigenvalue weighted by Crippen LogP contribution is 2.33. The molecule has 0 aliphatic carbocycles. The van der Waals surface area contributed by atoms with Crippen molar-refractivity contribution in [2.75, 3.05) is 53.6 Å². The fourth-order valence-electron chi connectivity index (χ4n) is 5.08. The van der Waals surface area contributed by atoms with Crippen molar-refractivity contribution in [1.29, 1.82) is 0 Å². The van der Waals surface area contributed by atoms with Crippen molar-refractivity contribution in [2.45, 2.75) is 63.8 Å². The predicted molar refractivity (Wildman–Crippen MR) is 173 cm³/mol. The molecule has 0 bridgehead atoms. The van der Waals surface area contributed by atoms with Crippen LogP contribution >= 0.6 is 0 Å². The monoisotopic (exact) mass is 678 g/mol. The van der Waals surface area contributed by atoms with Crippen molar-refractivity contribution in [3.05, 3.63) is 47.1 Å². The molecule has 3 heterocycles. The van der Waals surface area contributed by atoms with E-state index in [4.69, 9.17) is 36.6 Å². The van der Waals surface area contributed by atoms with E-state index in [1.165, 1.54) is 23.4 Å². The maximum Gasteiger partial charge on any atom is 0.278 e. The van der Waals surface area contributed by atoms with Gasteiger partial charge in [-0.05, 0) is 39.5 Å². The van der Waals surface area contributed by atoms with E-state index < -0.39 is 35.1 Å². The largest absolute Gasteiger partial charge is 0.403 e. The number of hydrogen-bond donors (Lipinski definition) is 7. The van der Waals surface area contributed by atoms with Gasteiger partial charge in [-0.25, -0.2) is 25.6 Å². The zero-order chi connectivity index (χ0) is 35.3. The van der Waals surface area contributed by atoms with Gasteiger partial charge in [0.25, 0.3) is 23.6 Å². The summed E-state index contributed by atoms with van der Waals surface area (Å²) in [5, 5.41) is 11.6. The molecule has 0 radical (unpaired) electrons. The highest BCUT2D eigenvalue weighted by Gasteiger charge is 2.59. The lowest BCUT2D eigenvalue weighted by atomic mass is 9.95. The van der Waals surface area contributed by atoms with Gasteiger partial charge in [0.1, 0.15) is 0 Å². The minimum Gasteiger partial charge on any atom is -0.403 e. The molecule has 0 saturated carbocycles. The van der Waals surface area contributed by atoms with Gasteiger partial charge in [0.2, 0.25) is 11.4 Å². The second-order valence-corrected chi connectivity index (χ2v) is 11.8. The molecule has 4 amide bonds. The molecule has 10 N–H and O–H groups in total. The van der Waals surface area contributed by atoms with Crippen molar-refractivity contribution in [2.24, 2.45) is 17.4 Å². The number of amides is 4. The summed E-state index contributed by atoms with van der Waals surface area (Å²) in [6.07, 6.45) is 7.79. The first-order chi connectivity index (χ1) is 22.9. The average Bonchev–Trinajstić information content (AvgIpc) is 3.05. The van der Waals surface area contributed by atoms with Gasteiger partial charge in [-0.3, -0.25) is 25.0 Å². The summed E-state index contributed by atoms with van der Waals surface area (Å²) in [5.41, 5.74) is 7.14. The molecule has 2 spiro atoms. The van der Waals surface area contributed by atoms with E-state index in [0.29, 0.717) is 50.3 Å². The maximum absolute atomic E-state index is 13.5. The average molecular weight is 679 g/mol. The Hall–Kier alpha value is -4.20. The first-order valence-corrected chi connectivity index (χ1v) is 15.8. The molecule has 3 fully saturated rings. The van der Waals surface area contributed by atoms with Crippen LogP contribution in [0.2, 0.25) is 0 Å². The number of nitrogens with two attached hydrogens (primary N) is 3. The molecule has 2 unspecified atom stereocenters. The number of carbonyl (C=O) groups is 4. The SMILES string of the molecule is CN/C=C(/COCC/C(C)=C/C(=O)N1CCCC2(NC(=O)C3(CCCN(C(=O)/C=C(\C)CCOC/C(=C/N)N(C)N)O3)NC2=O)O1)NN. The number of likely N-dealkylation sites (N-methyl/N-ethyl adjacent to an activating group) is 1. The first-order valence-electron chi connectivity index (χ1n) is 15.8. The van der Waals surface area contributed by atoms with Crippen LogP contribution in [0.3, 0.4) is 0 Å². The standard InChI is InChI=1S/C30H50N10O8/c1-21(7-13-45-19-23(37-32)18-34-3)15-25(41)39-11-5-9-29(47-39)27(43)36-30(28(44)35-29)10-6-12-40(48-30)26(42)16-22(2)8-14-46-20-24(17-31)38(4)33/h15-18,34,37H,5-14,19-20,31-33H2,1-4H3,(H,35,44)(H,36,43)/b21-15+,22-16+,23-18-,24-17-. The van der Waals surface area contributed by atoms with Gasteiger partial charge in [0.05, 0.1) is 37.8 Å². The molecular weight excluding hydrogens is 628 g/mol. The molecule has 268 valence electrons. The Labute approximate surface area is 280 Å². The molecule has 0 aromatic rings. The van der Waals surface area contributed by atoms with Crippen LogP contribution in [0.1, 0.15) is 52.4 Å². The molecule has 3 aliphatic rings. The highest BCUT2D eigenvalue weighted by molar-refractivity contribution is 6.01. The quantitative estimate of drug-likeness (QED) is 0.0455. The summed E-state index contributed by atoms with van der Waals surface area (Å²) in [4.78, 5) is 64.8. The number of ether oxygens (including phenoxy) is 2. The molecule has 2 atom stereocenters. The van der Waals surface area contributed by atoms with Gasteiger partial charge in [-0.2, -0.15) is 0 Å². The van der Waals surface area contributed by atoms with Crippen LogP contribution < -0.4 is 38.8 Å². The Balaban J connectivity index is 1.56. The minimum absolute atomic E-state index is 0.133. The van der Waals surface area contributed by atoms with Crippen LogP contribution in [-0.4, -0.2) is 104 Å². The molecule has 0 aromatic carbocycles. The molecule has 18 heteroatoms. The molecule has 0 aromatic heterocycles. The Morgan fingerprint density at radius 3 is 1.83 bits per heavy atom. The Morgan fingerprint density at radius 2 is 1.42 bits per heavy atom. The Kier molecular flexibility index (Phi) is 14.2. The highest BCUT2D eigenvalue weighted by atomic mass is 16.7. The van der Waals surface area contributed by atoms with Crippen molar-refractivity contribution in [3.63, 3.8) is 0 Å². The summed E-state index contributed by atoms with van der Waals surface area (Å²) >= 11 is 0. The molecule has 3 rings (SSSR count). The van der Waals surface area contributed by atoms with Gasteiger partial charge in [-0.1, -0.05) is 11.1 Å². The van der Waals surface area contributed by atoms with Gasteiger partial charge in [-0.15, -0.1) is 0 Å². The number of rotatable bonds is 15. The maximum atomic E-state index is 13.5. The van der Waals surface area contributed by atoms with Gasteiger partial charge >= 0.3 is 0 Å². The van der Waals surface area contributed by atoms with Crippen LogP contribution in [0.5, 0.6) is 0 Å². The number of carbonyl (C=O) groups excluding carboxylic acids is 4. The van der Waals surface area contributed by atoms with Gasteiger partial charge < -0.3 is 41.6 Å². The lowest BCUT2D eigenvalue weighted by molar-refractivity contribution is -0.290. The molecule has 3 saturated heterocycles. The number of nitrogens with one attached hydrogen (secondary N) is 4. The van der Waals surface area contributed by atoms with Crippen LogP contribution in [0.4, 0.5) is 0 Å². The third kappa shape index (κ3) is 10.1. The van der Waals surface area contributed by atoms with Crippen LogP contribution in [0.15, 0.2) is 47.1 Å². The lowest BCUT2D eigenvalue weighted by Crippen LogP contribution is -2.79. The summed E-state index contributed by atoms with van der Waals surface area (Å²) in [7, 11) is 3.39. The second-order valence-electron chi connectivity index (χ2n) is 11.8. The third-order valence-corrected chi connectivity index (χ3v) is 7.85. The van der Waals surface area contributed by atoms with E-state index in [0.717, 1.165) is 21.3 Å². The number of hydrogen-bond acceptors (Lipinski definition) is 14. The van der Waals surface area contributed by atoms with Crippen molar-refractivity contribution < 1.29 is 38.3 Å². The summed E-state index contributed by atoms with van der Waals surface area (Å²) in [6.45, 7) is 5.12. The Morgan fingerprint density at radius 1 is 0.938 bits per heavy atom. The van der Waals surface area contributed by atoms with Crippen molar-refractivity contribution >= 4 is 23.6 Å². The van der Waals surface area contributed by atoms with Crippen LogP contribution in [-0.2, 0) is 38.3 Å². The number of hydroxylamine groups is 4. The third-order valence-electron chi connectivity index (χ3n) is 7.85. The first kappa shape index (κ1) is 38.2. The lowest BCUT2D eigenvalue weighted by Gasteiger charge is -2.49. The van der Waals surface area contributed by atoms with E-state index in [1.54, 1.807) is 34.1 Å². The van der Waals surface area contributed by atoms with Crippen LogP contribution in [0.25, 0.3) is 0 Å². The zero-order valence-electron chi connectivity index (χ0n) is 28.1. The van der Waals surface area contributed by atoms with E-state index in [9.17, 15) is 19.2 Å². The van der Waals surface area contributed by atoms with E-state index in [2.05, 4.69) is 21.4 Å². The minimum atomic E-state index is -1.81. The van der Waals surface area contributed by atoms with E-state index in [1.807, 2.05) is 0 Å². The van der Waals surface area contributed by atoms with Crippen molar-refractivity contribution in [1.82, 2.24) is 36.5 Å². The summed E-state index contributed by atoms with van der Waals surface area (Å²) in [5.74, 6) is 8.77. The second kappa shape index (κ2) is 17.8. The van der Waals surface area contributed by atoms with Crippen LogP contribution in [0, 0.1) is 0 Å². The molecular formula is C30H50N10O8. The normalized spacial score (nSPS) is 24.0. The van der Waals surface area contributed by atoms with Crippen molar-refractivity contribution in [3.8, 4) is 0 Å². The number of hydrazine groups is 2. The van der Waals surface area contributed by atoms with Gasteiger partial charge in [0.15, 0.2) is 0 Å². The molecule has 18 nitrogen and oxygen atoms in total. The molecule has 48 heavy (non-hydrogen) atoms. The zero-order valence-corrected chi connectivity index (χ0v) is 28.1. The number of nitrogens with zero attached hydrogens (tertiary/aromatic N) is 3. The van der Waals surface area contributed by atoms with E-state index in [-0.39, 0.29) is 39.1 Å². The van der Waals surface area contributed by atoms with E-state index >= 15 is 0 Å². The fourth-order valence-corrected chi connectivity index (χ4v) is 5.08. The Bertz CT molecular complexity index is 1300. The predicted octanol–water partition coefficient (Wildman–Crippen LogP) is -1.43. The summed E-state index contributed by atoms with van der Waals surface area (Å²) < 4.78 is 11.2. The summed E-state index contributed by atoms with van der Waals surface area (Å²) in [6, 6.07) is 0. The molecule has 3 aliphatic heterocycles. The van der Waals surface area contributed by atoms with Gasteiger partial charge in [0, 0.05) is 64.6 Å². The smallest absolute Gasteiger partial charge is 0.278 e. The topological polar surface area (TPSA) is 241 Å².